The van der Waals surface area contributed by atoms with Crippen molar-refractivity contribution >= 4 is 11.5 Å². The molecule has 0 aromatic heterocycles. The van der Waals surface area contributed by atoms with Gasteiger partial charge >= 0.3 is 0 Å². The Balaban J connectivity index is 1.53. The lowest BCUT2D eigenvalue weighted by Crippen LogP contribution is -2.44. The highest BCUT2D eigenvalue weighted by Crippen LogP contribution is 2.43. The molecule has 1 saturated heterocycles. The molecule has 120 valence electrons. The number of benzene rings is 2. The molecule has 6 heteroatoms. The minimum atomic E-state index is -0.670. The van der Waals surface area contributed by atoms with E-state index in [4.69, 9.17) is 4.74 Å². The SMILES string of the molecule is Fc1cccc(F)c1N1[C]N2C(=N1)CO[C@H]1Cc3ccccc3[C@H]12. The van der Waals surface area contributed by atoms with Crippen LogP contribution in [0.3, 0.4) is 0 Å². The molecule has 5 rings (SSSR count). The lowest BCUT2D eigenvalue weighted by Gasteiger charge is -2.35. The number of hydrazone groups is 1. The van der Waals surface area contributed by atoms with E-state index in [1.165, 1.54) is 23.8 Å². The highest BCUT2D eigenvalue weighted by Gasteiger charge is 2.46. The van der Waals surface area contributed by atoms with E-state index < -0.39 is 11.6 Å². The fourth-order valence-electron chi connectivity index (χ4n) is 3.63. The van der Waals surface area contributed by atoms with E-state index in [0.29, 0.717) is 12.4 Å². The van der Waals surface area contributed by atoms with E-state index >= 15 is 0 Å². The summed E-state index contributed by atoms with van der Waals surface area (Å²) in [4.78, 5) is 1.85. The highest BCUT2D eigenvalue weighted by molar-refractivity contribution is 5.89. The van der Waals surface area contributed by atoms with Crippen molar-refractivity contribution in [1.82, 2.24) is 4.90 Å². The van der Waals surface area contributed by atoms with E-state index in [2.05, 4.69) is 23.9 Å². The van der Waals surface area contributed by atoms with Crippen LogP contribution in [0.25, 0.3) is 0 Å². The van der Waals surface area contributed by atoms with E-state index in [1.807, 2.05) is 17.0 Å². The number of halogens is 2. The summed E-state index contributed by atoms with van der Waals surface area (Å²) in [6.45, 7) is 3.31. The van der Waals surface area contributed by atoms with Crippen LogP contribution >= 0.6 is 0 Å². The van der Waals surface area contributed by atoms with Crippen LogP contribution in [-0.4, -0.2) is 23.4 Å². The molecule has 0 unspecified atom stereocenters. The Bertz CT molecular complexity index is 834. The van der Waals surface area contributed by atoms with Crippen LogP contribution in [0.4, 0.5) is 14.5 Å². The van der Waals surface area contributed by atoms with E-state index in [1.54, 1.807) is 0 Å². The summed E-state index contributed by atoms with van der Waals surface area (Å²) >= 11 is 0. The molecule has 0 saturated carbocycles. The molecule has 0 spiro atoms. The first kappa shape index (κ1) is 13.9. The Morgan fingerprint density at radius 1 is 1.08 bits per heavy atom. The van der Waals surface area contributed by atoms with Gasteiger partial charge in [-0.15, -0.1) is 0 Å². The van der Waals surface area contributed by atoms with Gasteiger partial charge in [0.1, 0.15) is 12.3 Å². The number of para-hydroxylation sites is 1. The Hall–Kier alpha value is -2.47. The minimum absolute atomic E-state index is 0.000678. The summed E-state index contributed by atoms with van der Waals surface area (Å²) in [6.07, 6.45) is 0.819. The highest BCUT2D eigenvalue weighted by atomic mass is 19.1. The molecule has 24 heavy (non-hydrogen) atoms. The van der Waals surface area contributed by atoms with Crippen molar-refractivity contribution in [1.29, 1.82) is 0 Å². The van der Waals surface area contributed by atoms with Gasteiger partial charge in [-0.2, -0.15) is 5.10 Å². The number of nitrogens with zero attached hydrogens (tertiary/aromatic N) is 3. The van der Waals surface area contributed by atoms with Gasteiger partial charge < -0.3 is 9.64 Å². The van der Waals surface area contributed by atoms with Gasteiger partial charge in [0.25, 0.3) is 0 Å². The summed E-state index contributed by atoms with van der Waals surface area (Å²) in [7, 11) is 0. The van der Waals surface area contributed by atoms with Crippen molar-refractivity contribution in [3.63, 3.8) is 0 Å². The van der Waals surface area contributed by atoms with Crippen molar-refractivity contribution in [3.8, 4) is 0 Å². The van der Waals surface area contributed by atoms with Crippen molar-refractivity contribution in [2.75, 3.05) is 11.6 Å². The molecular formula is C18H13F2N3O. The average molecular weight is 325 g/mol. The first-order chi connectivity index (χ1) is 11.7. The van der Waals surface area contributed by atoms with Crippen molar-refractivity contribution in [2.24, 2.45) is 5.10 Å². The Morgan fingerprint density at radius 2 is 1.88 bits per heavy atom. The van der Waals surface area contributed by atoms with Crippen LogP contribution in [0.5, 0.6) is 0 Å². The number of hydrogen-bond donors (Lipinski definition) is 0. The maximum absolute atomic E-state index is 14.0. The van der Waals surface area contributed by atoms with Gasteiger partial charge in [-0.25, -0.2) is 13.8 Å². The quantitative estimate of drug-likeness (QED) is 0.806. The molecule has 1 fully saturated rings. The van der Waals surface area contributed by atoms with Gasteiger partial charge in [-0.05, 0) is 23.3 Å². The third-order valence-corrected chi connectivity index (χ3v) is 4.70. The minimum Gasteiger partial charge on any atom is -0.367 e. The van der Waals surface area contributed by atoms with Crippen molar-refractivity contribution in [3.05, 3.63) is 71.9 Å². The topological polar surface area (TPSA) is 28.1 Å². The first-order valence-electron chi connectivity index (χ1n) is 7.79. The van der Waals surface area contributed by atoms with Crippen LogP contribution in [-0.2, 0) is 11.2 Å². The standard InChI is InChI=1S/C18H13F2N3O/c19-13-6-3-7-14(20)18(13)23-10-22-16(21-23)9-24-15-8-11-4-1-2-5-12(11)17(15)22/h1-7,15,17H,8-9H2/t15-,17+/m0/s1. The largest absolute Gasteiger partial charge is 0.367 e. The smallest absolute Gasteiger partial charge is 0.233 e. The molecular weight excluding hydrogens is 312 g/mol. The van der Waals surface area contributed by atoms with Gasteiger partial charge in [0.15, 0.2) is 17.5 Å². The van der Waals surface area contributed by atoms with Crippen molar-refractivity contribution < 1.29 is 13.5 Å². The summed E-state index contributed by atoms with van der Waals surface area (Å²) in [6, 6.07) is 11.8. The number of morpholine rings is 1. The molecule has 2 aliphatic heterocycles. The van der Waals surface area contributed by atoms with Crippen LogP contribution < -0.4 is 5.01 Å². The predicted molar refractivity (Wildman–Crippen MR) is 84.0 cm³/mol. The number of amidine groups is 1. The zero-order valence-electron chi connectivity index (χ0n) is 12.6. The molecule has 4 nitrogen and oxygen atoms in total. The number of anilines is 1. The van der Waals surface area contributed by atoms with Crippen LogP contribution in [0.1, 0.15) is 17.2 Å². The van der Waals surface area contributed by atoms with Crippen LogP contribution in [0.2, 0.25) is 0 Å². The average Bonchev–Trinajstić information content (AvgIpc) is 3.14. The third kappa shape index (κ3) is 1.89. The molecule has 1 aliphatic carbocycles. The van der Waals surface area contributed by atoms with Gasteiger partial charge in [0, 0.05) is 6.42 Å². The maximum atomic E-state index is 14.0. The summed E-state index contributed by atoms with van der Waals surface area (Å²) in [5.74, 6) is -0.734. The van der Waals surface area contributed by atoms with E-state index in [9.17, 15) is 8.78 Å². The van der Waals surface area contributed by atoms with Gasteiger partial charge in [0.2, 0.25) is 6.67 Å². The zero-order chi connectivity index (χ0) is 16.3. The molecule has 0 N–H and O–H groups in total. The molecule has 2 aromatic carbocycles. The third-order valence-electron chi connectivity index (χ3n) is 4.70. The zero-order valence-corrected chi connectivity index (χ0v) is 12.6. The van der Waals surface area contributed by atoms with Gasteiger partial charge in [-0.1, -0.05) is 30.3 Å². The number of hydrogen-bond acceptors (Lipinski definition) is 4. The second-order valence-corrected chi connectivity index (χ2v) is 6.07. The fraction of sp³-hybridized carbons (Fsp3) is 0.222. The van der Waals surface area contributed by atoms with Gasteiger partial charge in [0.05, 0.1) is 12.1 Å². The molecule has 2 aromatic rings. The normalized spacial score (nSPS) is 24.5. The van der Waals surface area contributed by atoms with Crippen LogP contribution in [0, 0.1) is 18.3 Å². The lowest BCUT2D eigenvalue weighted by molar-refractivity contribution is 0.0119. The number of rotatable bonds is 1. The van der Waals surface area contributed by atoms with E-state index in [-0.39, 0.29) is 17.8 Å². The summed E-state index contributed by atoms with van der Waals surface area (Å²) < 4.78 is 34.0. The Morgan fingerprint density at radius 3 is 2.71 bits per heavy atom. The molecule has 0 amide bonds. The lowest BCUT2D eigenvalue weighted by atomic mass is 10.1. The molecule has 3 aliphatic rings. The second kappa shape index (κ2) is 5.01. The predicted octanol–water partition coefficient (Wildman–Crippen LogP) is 3.09. The van der Waals surface area contributed by atoms with Gasteiger partial charge in [-0.3, -0.25) is 0 Å². The van der Waals surface area contributed by atoms with Crippen LogP contribution in [0.15, 0.2) is 47.6 Å². The molecule has 2 atom stereocenters. The summed E-state index contributed by atoms with van der Waals surface area (Å²) in [5, 5.41) is 5.44. The van der Waals surface area contributed by atoms with Crippen molar-refractivity contribution in [2.45, 2.75) is 18.6 Å². The molecule has 0 bridgehead atoms. The maximum Gasteiger partial charge on any atom is 0.233 e. The number of fused-ring (bicyclic) bond motifs is 5. The van der Waals surface area contributed by atoms with E-state index in [0.717, 1.165) is 17.0 Å². The molecule has 2 heterocycles. The Kier molecular flexibility index (Phi) is 2.91. The summed E-state index contributed by atoms with van der Waals surface area (Å²) in [5.41, 5.74) is 2.16. The first-order valence-corrected chi connectivity index (χ1v) is 7.79. The molecule has 2 radical (unpaired) electrons. The Labute approximate surface area is 137 Å². The number of ether oxygens (including phenoxy) is 1. The monoisotopic (exact) mass is 325 g/mol. The fourth-order valence-corrected chi connectivity index (χ4v) is 3.63. The second-order valence-electron chi connectivity index (χ2n) is 6.07.